The fourth-order valence-corrected chi connectivity index (χ4v) is 3.97. The second-order valence-corrected chi connectivity index (χ2v) is 5.54. The van der Waals surface area contributed by atoms with Crippen molar-refractivity contribution in [3.63, 3.8) is 0 Å². The fourth-order valence-electron chi connectivity index (χ4n) is 1.64. The summed E-state index contributed by atoms with van der Waals surface area (Å²) in [4.78, 5) is 5.09. The Hall–Kier alpha value is -1.12. The Morgan fingerprint density at radius 3 is 2.50 bits per heavy atom. The van der Waals surface area contributed by atoms with Gasteiger partial charge in [-0.25, -0.2) is 0 Å². The Balaban J connectivity index is 2.15. The van der Waals surface area contributed by atoms with Crippen molar-refractivity contribution in [2.24, 2.45) is 0 Å². The maximum atomic E-state index is 5.62. The molecule has 0 unspecified atom stereocenters. The molecular weight excluding hydrogens is 232 g/mol. The lowest BCUT2D eigenvalue weighted by molar-refractivity contribution is 1.15. The maximum Gasteiger partial charge on any atom is 0.0341 e. The Morgan fingerprint density at radius 1 is 1.00 bits per heavy atom. The van der Waals surface area contributed by atoms with Gasteiger partial charge in [-0.1, -0.05) is 54.4 Å². The van der Waals surface area contributed by atoms with Crippen LogP contribution in [0.3, 0.4) is 0 Å². The molecule has 1 aliphatic heterocycles. The van der Waals surface area contributed by atoms with Gasteiger partial charge in [-0.3, -0.25) is 0 Å². The van der Waals surface area contributed by atoms with Gasteiger partial charge in [-0.15, -0.1) is 0 Å². The molecular formula is C14H8S2. The van der Waals surface area contributed by atoms with E-state index in [1.165, 1.54) is 19.6 Å². The molecule has 0 bridgehead atoms. The van der Waals surface area contributed by atoms with E-state index in [1.54, 1.807) is 29.6 Å². The number of fused-ring (bicyclic) bond motifs is 2. The third-order valence-electron chi connectivity index (χ3n) is 2.39. The summed E-state index contributed by atoms with van der Waals surface area (Å²) in [6.45, 7) is 5.62. The van der Waals surface area contributed by atoms with E-state index in [0.29, 0.717) is 0 Å². The van der Waals surface area contributed by atoms with E-state index in [0.717, 1.165) is 5.56 Å². The third-order valence-corrected chi connectivity index (χ3v) is 5.00. The molecule has 2 heteroatoms. The zero-order chi connectivity index (χ0) is 11.0. The lowest BCUT2D eigenvalue weighted by Gasteiger charge is -2.19. The van der Waals surface area contributed by atoms with E-state index in [4.69, 9.17) is 6.58 Å². The van der Waals surface area contributed by atoms with Crippen LogP contribution in [-0.2, 0) is 0 Å². The first-order valence-corrected chi connectivity index (χ1v) is 6.56. The molecule has 2 aromatic rings. The van der Waals surface area contributed by atoms with Crippen molar-refractivity contribution in [3.8, 4) is 0 Å². The molecule has 76 valence electrons. The topological polar surface area (TPSA) is 0 Å². The van der Waals surface area contributed by atoms with Crippen molar-refractivity contribution in [3.05, 3.63) is 54.6 Å². The molecule has 16 heavy (non-hydrogen) atoms. The van der Waals surface area contributed by atoms with Gasteiger partial charge in [0.05, 0.1) is 0 Å². The van der Waals surface area contributed by atoms with Crippen molar-refractivity contribution in [1.29, 1.82) is 0 Å². The van der Waals surface area contributed by atoms with Gasteiger partial charge in [-0.2, -0.15) is 0 Å². The molecule has 0 nitrogen and oxygen atoms in total. The van der Waals surface area contributed by atoms with Gasteiger partial charge in [0.15, 0.2) is 0 Å². The largest absolute Gasteiger partial charge is 0.0877 e. The highest BCUT2D eigenvalue weighted by Gasteiger charge is 2.17. The summed E-state index contributed by atoms with van der Waals surface area (Å²) in [6, 6.07) is 15.6. The molecule has 0 aromatic heterocycles. The number of hydrogen-bond acceptors (Lipinski definition) is 2. The molecule has 1 heterocycles. The quantitative estimate of drug-likeness (QED) is 0.612. The SMILES string of the molecule is [CH]=Cc1[c]ccc2c1Sc1ccccc1S2. The molecule has 0 saturated carbocycles. The molecule has 0 saturated heterocycles. The summed E-state index contributed by atoms with van der Waals surface area (Å²) in [7, 11) is 0. The number of hydrogen-bond donors (Lipinski definition) is 0. The van der Waals surface area contributed by atoms with Gasteiger partial charge in [-0.05, 0) is 29.8 Å². The van der Waals surface area contributed by atoms with E-state index in [-0.39, 0.29) is 0 Å². The van der Waals surface area contributed by atoms with Gasteiger partial charge < -0.3 is 0 Å². The van der Waals surface area contributed by atoms with Crippen LogP contribution in [0.5, 0.6) is 0 Å². The molecule has 0 fully saturated rings. The predicted molar refractivity (Wildman–Crippen MR) is 68.7 cm³/mol. The highest BCUT2D eigenvalue weighted by Crippen LogP contribution is 2.49. The summed E-state index contributed by atoms with van der Waals surface area (Å²) >= 11 is 3.57. The fraction of sp³-hybridized carbons (Fsp3) is 0. The highest BCUT2D eigenvalue weighted by atomic mass is 32.2. The molecule has 0 N–H and O–H groups in total. The summed E-state index contributed by atoms with van der Waals surface area (Å²) in [6.07, 6.45) is 1.63. The van der Waals surface area contributed by atoms with Crippen LogP contribution in [0, 0.1) is 12.6 Å². The zero-order valence-corrected chi connectivity index (χ0v) is 10.1. The summed E-state index contributed by atoms with van der Waals surface area (Å²) in [5.74, 6) is 0. The van der Waals surface area contributed by atoms with Crippen molar-refractivity contribution >= 4 is 29.6 Å². The molecule has 1 aliphatic rings. The Labute approximate surface area is 104 Å². The van der Waals surface area contributed by atoms with Crippen LogP contribution in [0.4, 0.5) is 0 Å². The summed E-state index contributed by atoms with van der Waals surface area (Å²) < 4.78 is 0. The number of benzene rings is 2. The minimum atomic E-state index is 0.990. The average molecular weight is 240 g/mol. The van der Waals surface area contributed by atoms with Crippen LogP contribution in [0.1, 0.15) is 5.56 Å². The summed E-state index contributed by atoms with van der Waals surface area (Å²) in [5.41, 5.74) is 0.990. The average Bonchev–Trinajstić information content (AvgIpc) is 2.35. The van der Waals surface area contributed by atoms with Crippen molar-refractivity contribution in [2.75, 3.05) is 0 Å². The van der Waals surface area contributed by atoms with Crippen LogP contribution >= 0.6 is 23.5 Å². The van der Waals surface area contributed by atoms with Crippen LogP contribution in [0.15, 0.2) is 56.0 Å². The van der Waals surface area contributed by atoms with Crippen molar-refractivity contribution < 1.29 is 0 Å². The molecule has 0 spiro atoms. The second kappa shape index (κ2) is 4.04. The predicted octanol–water partition coefficient (Wildman–Crippen LogP) is 4.55. The lowest BCUT2D eigenvalue weighted by Crippen LogP contribution is -1.91. The Bertz CT molecular complexity index is 558. The Kier molecular flexibility index (Phi) is 2.54. The first-order chi connectivity index (χ1) is 7.88. The monoisotopic (exact) mass is 240 g/mol. The standard InChI is InChI=1S/C14H8S2/c1-2-10-6-5-9-13-14(10)16-12-8-4-3-7-11(12)15-13/h1-5,7-9H. The van der Waals surface area contributed by atoms with Crippen molar-refractivity contribution in [1.82, 2.24) is 0 Å². The van der Waals surface area contributed by atoms with E-state index >= 15 is 0 Å². The summed E-state index contributed by atoms with van der Waals surface area (Å²) in [5, 5.41) is 0. The molecule has 2 aromatic carbocycles. The van der Waals surface area contributed by atoms with E-state index in [9.17, 15) is 0 Å². The highest BCUT2D eigenvalue weighted by molar-refractivity contribution is 8.05. The minimum Gasteiger partial charge on any atom is -0.0877 e. The number of rotatable bonds is 1. The zero-order valence-electron chi connectivity index (χ0n) is 8.44. The maximum absolute atomic E-state index is 5.62. The van der Waals surface area contributed by atoms with Crippen LogP contribution in [0.25, 0.3) is 6.08 Å². The van der Waals surface area contributed by atoms with Gasteiger partial charge in [0.2, 0.25) is 0 Å². The van der Waals surface area contributed by atoms with E-state index < -0.39 is 0 Å². The van der Waals surface area contributed by atoms with Crippen LogP contribution < -0.4 is 0 Å². The second-order valence-electron chi connectivity index (χ2n) is 3.40. The minimum absolute atomic E-state index is 0.990. The third kappa shape index (κ3) is 1.58. The first kappa shape index (κ1) is 10.1. The van der Waals surface area contributed by atoms with Gasteiger partial charge in [0.25, 0.3) is 0 Å². The molecule has 0 amide bonds. The van der Waals surface area contributed by atoms with Gasteiger partial charge >= 0.3 is 0 Å². The molecule has 0 aliphatic carbocycles. The smallest absolute Gasteiger partial charge is 0.0341 e. The first-order valence-electron chi connectivity index (χ1n) is 4.93. The van der Waals surface area contributed by atoms with E-state index in [2.05, 4.69) is 36.4 Å². The molecule has 2 radical (unpaired) electrons. The molecule has 0 atom stereocenters. The van der Waals surface area contributed by atoms with E-state index in [1.807, 2.05) is 6.07 Å². The lowest BCUT2D eigenvalue weighted by atomic mass is 10.2. The Morgan fingerprint density at radius 2 is 1.75 bits per heavy atom. The van der Waals surface area contributed by atoms with Gasteiger partial charge in [0.1, 0.15) is 0 Å². The van der Waals surface area contributed by atoms with Gasteiger partial charge in [0, 0.05) is 19.6 Å². The normalized spacial score (nSPS) is 12.8. The van der Waals surface area contributed by atoms with Crippen molar-refractivity contribution in [2.45, 2.75) is 19.6 Å². The van der Waals surface area contributed by atoms with Crippen LogP contribution in [-0.4, -0.2) is 0 Å². The van der Waals surface area contributed by atoms with Crippen LogP contribution in [0.2, 0.25) is 0 Å². The molecule has 3 rings (SSSR count).